The molecule has 1 aromatic rings. The Morgan fingerprint density at radius 3 is 2.32 bits per heavy atom. The maximum absolute atomic E-state index is 12.9. The van der Waals surface area contributed by atoms with Crippen molar-refractivity contribution in [1.82, 2.24) is 4.31 Å². The lowest BCUT2D eigenvalue weighted by atomic mass is 9.92. The topological polar surface area (TPSA) is 72.6 Å². The maximum atomic E-state index is 12.9. The van der Waals surface area contributed by atoms with Gasteiger partial charge >= 0.3 is 0 Å². The number of nitrogens with zero attached hydrogens (tertiary/aromatic N) is 1. The van der Waals surface area contributed by atoms with E-state index >= 15 is 0 Å². The molecule has 124 valence electrons. The molecular weight excluding hydrogens is 300 g/mol. The fraction of sp³-hybridized carbons (Fsp3) is 0.625. The number of sulfonamides is 1. The first-order chi connectivity index (χ1) is 10.3. The summed E-state index contributed by atoms with van der Waals surface area (Å²) in [5, 5.41) is 0. The van der Waals surface area contributed by atoms with Crippen LogP contribution in [0.1, 0.15) is 30.9 Å². The van der Waals surface area contributed by atoms with E-state index in [-0.39, 0.29) is 6.04 Å². The molecule has 1 saturated heterocycles. The van der Waals surface area contributed by atoms with Crippen molar-refractivity contribution < 1.29 is 13.2 Å². The Morgan fingerprint density at radius 2 is 1.82 bits per heavy atom. The molecule has 2 N–H and O–H groups in total. The standard InChI is InChI=1S/C16H26N2O3S/c1-11-10-16(12(2)9-15(11)21-4)22(19,20)18-7-5-14(6-8-18)13(3)17/h9-10,13-14H,5-8,17H2,1-4H3. The van der Waals surface area contributed by atoms with Crippen LogP contribution in [0.4, 0.5) is 0 Å². The molecule has 0 aromatic heterocycles. The summed E-state index contributed by atoms with van der Waals surface area (Å²) < 4.78 is 32.6. The zero-order chi connectivity index (χ0) is 16.5. The zero-order valence-electron chi connectivity index (χ0n) is 13.8. The third-order valence-corrected chi connectivity index (χ3v) is 6.59. The van der Waals surface area contributed by atoms with Gasteiger partial charge in [0.2, 0.25) is 10.0 Å². The fourth-order valence-electron chi connectivity index (χ4n) is 3.04. The summed E-state index contributed by atoms with van der Waals surface area (Å²) in [5.74, 6) is 1.12. The molecular formula is C16H26N2O3S. The average Bonchev–Trinajstić information content (AvgIpc) is 2.49. The van der Waals surface area contributed by atoms with Gasteiger partial charge in [-0.05, 0) is 62.8 Å². The number of benzene rings is 1. The first kappa shape index (κ1) is 17.2. The largest absolute Gasteiger partial charge is 0.496 e. The Kier molecular flexibility index (Phi) is 5.14. The predicted molar refractivity (Wildman–Crippen MR) is 87.6 cm³/mol. The second kappa shape index (κ2) is 6.56. The van der Waals surface area contributed by atoms with Gasteiger partial charge in [0, 0.05) is 19.1 Å². The maximum Gasteiger partial charge on any atom is 0.243 e. The molecule has 0 radical (unpaired) electrons. The molecule has 1 atom stereocenters. The Balaban J connectivity index is 2.27. The second-order valence-corrected chi connectivity index (χ2v) is 8.09. The monoisotopic (exact) mass is 326 g/mol. The predicted octanol–water partition coefficient (Wildman–Crippen LogP) is 2.06. The molecule has 6 heteroatoms. The quantitative estimate of drug-likeness (QED) is 0.919. The van der Waals surface area contributed by atoms with Crippen molar-refractivity contribution in [2.75, 3.05) is 20.2 Å². The zero-order valence-corrected chi connectivity index (χ0v) is 14.6. The van der Waals surface area contributed by atoms with Gasteiger partial charge in [0.15, 0.2) is 0 Å². The van der Waals surface area contributed by atoms with E-state index in [1.165, 1.54) is 0 Å². The summed E-state index contributed by atoms with van der Waals surface area (Å²) in [6, 6.07) is 3.62. The van der Waals surface area contributed by atoms with Crippen molar-refractivity contribution in [2.24, 2.45) is 11.7 Å². The van der Waals surface area contributed by atoms with Crippen LogP contribution in [0.15, 0.2) is 17.0 Å². The lowest BCUT2D eigenvalue weighted by Crippen LogP contribution is -2.42. The molecule has 0 aliphatic carbocycles. The highest BCUT2D eigenvalue weighted by Crippen LogP contribution is 2.30. The van der Waals surface area contributed by atoms with Gasteiger partial charge in [-0.1, -0.05) is 0 Å². The lowest BCUT2D eigenvalue weighted by molar-refractivity contribution is 0.250. The van der Waals surface area contributed by atoms with E-state index in [2.05, 4.69) is 0 Å². The van der Waals surface area contributed by atoms with E-state index < -0.39 is 10.0 Å². The van der Waals surface area contributed by atoms with Crippen molar-refractivity contribution in [3.8, 4) is 5.75 Å². The lowest BCUT2D eigenvalue weighted by Gasteiger charge is -2.33. The molecule has 1 aromatic carbocycles. The number of aryl methyl sites for hydroxylation is 2. The van der Waals surface area contributed by atoms with Gasteiger partial charge in [0.25, 0.3) is 0 Å². The van der Waals surface area contributed by atoms with Gasteiger partial charge < -0.3 is 10.5 Å². The molecule has 0 amide bonds. The van der Waals surface area contributed by atoms with E-state index in [4.69, 9.17) is 10.5 Å². The summed E-state index contributed by atoms with van der Waals surface area (Å²) in [4.78, 5) is 0.380. The number of hydrogen-bond donors (Lipinski definition) is 1. The van der Waals surface area contributed by atoms with Crippen LogP contribution in [0.25, 0.3) is 0 Å². The molecule has 0 spiro atoms. The minimum atomic E-state index is -3.45. The van der Waals surface area contributed by atoms with Crippen LogP contribution in [0, 0.1) is 19.8 Å². The fourth-order valence-corrected chi connectivity index (χ4v) is 4.80. The normalized spacial score (nSPS) is 19.1. The van der Waals surface area contributed by atoms with E-state index in [0.717, 1.165) is 24.0 Å². The Labute approximate surface area is 133 Å². The number of rotatable bonds is 4. The highest BCUT2D eigenvalue weighted by atomic mass is 32.2. The van der Waals surface area contributed by atoms with Crippen LogP contribution >= 0.6 is 0 Å². The third-order valence-electron chi connectivity index (χ3n) is 4.55. The molecule has 0 saturated carbocycles. The summed E-state index contributed by atoms with van der Waals surface area (Å²) in [6.07, 6.45) is 1.65. The molecule has 1 fully saturated rings. The van der Waals surface area contributed by atoms with Crippen LogP contribution in [0.2, 0.25) is 0 Å². The van der Waals surface area contributed by atoms with Crippen LogP contribution in [-0.4, -0.2) is 39.0 Å². The van der Waals surface area contributed by atoms with Gasteiger partial charge in [-0.25, -0.2) is 8.42 Å². The highest BCUT2D eigenvalue weighted by molar-refractivity contribution is 7.89. The van der Waals surface area contributed by atoms with Crippen molar-refractivity contribution in [3.63, 3.8) is 0 Å². The number of methoxy groups -OCH3 is 1. The van der Waals surface area contributed by atoms with Crippen molar-refractivity contribution in [3.05, 3.63) is 23.3 Å². The molecule has 1 aliphatic rings. The van der Waals surface area contributed by atoms with Gasteiger partial charge in [-0.2, -0.15) is 4.31 Å². The van der Waals surface area contributed by atoms with E-state index in [1.807, 2.05) is 20.8 Å². The highest BCUT2D eigenvalue weighted by Gasteiger charge is 2.31. The van der Waals surface area contributed by atoms with Crippen molar-refractivity contribution in [2.45, 2.75) is 44.6 Å². The SMILES string of the molecule is COc1cc(C)c(S(=O)(=O)N2CCC(C(C)N)CC2)cc1C. The van der Waals surface area contributed by atoms with E-state index in [9.17, 15) is 8.42 Å². The van der Waals surface area contributed by atoms with Crippen LogP contribution in [0.5, 0.6) is 5.75 Å². The Morgan fingerprint density at radius 1 is 1.23 bits per heavy atom. The van der Waals surface area contributed by atoms with Crippen LogP contribution in [0.3, 0.4) is 0 Å². The van der Waals surface area contributed by atoms with Crippen molar-refractivity contribution >= 4 is 10.0 Å². The smallest absolute Gasteiger partial charge is 0.243 e. The van der Waals surface area contributed by atoms with Gasteiger partial charge in [-0.15, -0.1) is 0 Å². The van der Waals surface area contributed by atoms with Crippen LogP contribution in [-0.2, 0) is 10.0 Å². The summed E-state index contributed by atoms with van der Waals surface area (Å²) >= 11 is 0. The Hall–Kier alpha value is -1.11. The summed E-state index contributed by atoms with van der Waals surface area (Å²) in [7, 11) is -1.86. The number of hydrogen-bond acceptors (Lipinski definition) is 4. The second-order valence-electron chi connectivity index (χ2n) is 6.19. The third kappa shape index (κ3) is 3.29. The molecule has 1 heterocycles. The van der Waals surface area contributed by atoms with Crippen LogP contribution < -0.4 is 10.5 Å². The van der Waals surface area contributed by atoms with Gasteiger partial charge in [-0.3, -0.25) is 0 Å². The van der Waals surface area contributed by atoms with E-state index in [1.54, 1.807) is 23.5 Å². The molecule has 22 heavy (non-hydrogen) atoms. The summed E-state index contributed by atoms with van der Waals surface area (Å²) in [5.41, 5.74) is 7.48. The van der Waals surface area contributed by atoms with E-state index in [0.29, 0.717) is 29.7 Å². The molecule has 2 rings (SSSR count). The first-order valence-electron chi connectivity index (χ1n) is 7.68. The Bertz CT molecular complexity index is 633. The number of piperidine rings is 1. The molecule has 1 aliphatic heterocycles. The average molecular weight is 326 g/mol. The molecule has 0 bridgehead atoms. The van der Waals surface area contributed by atoms with Gasteiger partial charge in [0.1, 0.15) is 5.75 Å². The number of ether oxygens (including phenoxy) is 1. The summed E-state index contributed by atoms with van der Waals surface area (Å²) in [6.45, 7) is 6.74. The first-order valence-corrected chi connectivity index (χ1v) is 9.12. The minimum absolute atomic E-state index is 0.120. The molecule has 5 nitrogen and oxygen atoms in total. The van der Waals surface area contributed by atoms with Gasteiger partial charge in [0.05, 0.1) is 12.0 Å². The minimum Gasteiger partial charge on any atom is -0.496 e. The van der Waals surface area contributed by atoms with Crippen molar-refractivity contribution in [1.29, 1.82) is 0 Å². The number of nitrogens with two attached hydrogens (primary N) is 1. The molecule has 1 unspecified atom stereocenters.